The molecule has 1 radical (unpaired) electrons. The Balaban J connectivity index is 0.000000454. The number of benzene rings is 1. The second kappa shape index (κ2) is 21.5. The third-order valence-electron chi connectivity index (χ3n) is 7.40. The summed E-state index contributed by atoms with van der Waals surface area (Å²) < 4.78 is 0. The molecule has 203 valence electrons. The lowest BCUT2D eigenvalue weighted by Gasteiger charge is -2.08. The summed E-state index contributed by atoms with van der Waals surface area (Å²) in [4.78, 5) is 0. The van der Waals surface area contributed by atoms with Gasteiger partial charge in [-0.25, -0.2) is 0 Å². The second-order valence-electron chi connectivity index (χ2n) is 11.5. The Morgan fingerprint density at radius 2 is 1.56 bits per heavy atom. The lowest BCUT2D eigenvalue weighted by atomic mass is 9.98. The monoisotopic (exact) mass is 491 g/mol. The molecular weight excluding hydrogens is 432 g/mol. The van der Waals surface area contributed by atoms with Crippen LogP contribution in [-0.2, 0) is 12.8 Å². The topological polar surface area (TPSA) is 0 Å². The Morgan fingerprint density at radius 1 is 0.889 bits per heavy atom. The summed E-state index contributed by atoms with van der Waals surface area (Å²) in [5, 5.41) is 0. The van der Waals surface area contributed by atoms with Gasteiger partial charge in [-0.2, -0.15) is 0 Å². The van der Waals surface area contributed by atoms with Crippen molar-refractivity contribution in [1.82, 2.24) is 0 Å². The van der Waals surface area contributed by atoms with Crippen LogP contribution in [0.5, 0.6) is 0 Å². The van der Waals surface area contributed by atoms with Crippen molar-refractivity contribution in [1.29, 1.82) is 0 Å². The number of allylic oxidation sites excluding steroid dienone is 5. The zero-order chi connectivity index (χ0) is 26.4. The Morgan fingerprint density at radius 3 is 2.17 bits per heavy atom. The molecule has 0 saturated heterocycles. The zero-order valence-electron chi connectivity index (χ0n) is 24.7. The lowest BCUT2D eigenvalue weighted by molar-refractivity contribution is 0.440. The molecule has 36 heavy (non-hydrogen) atoms. The van der Waals surface area contributed by atoms with E-state index in [1.807, 2.05) is 18.6 Å². The molecule has 0 heteroatoms. The largest absolute Gasteiger partial charge is 0.102 e. The molecule has 0 aliphatic heterocycles. The summed E-state index contributed by atoms with van der Waals surface area (Å²) in [6.45, 7) is 14.8. The van der Waals surface area contributed by atoms with Crippen molar-refractivity contribution in [3.63, 3.8) is 0 Å². The highest BCUT2D eigenvalue weighted by atomic mass is 14.5. The van der Waals surface area contributed by atoms with Gasteiger partial charge in [0.2, 0.25) is 0 Å². The van der Waals surface area contributed by atoms with Crippen LogP contribution in [0.4, 0.5) is 0 Å². The third-order valence-corrected chi connectivity index (χ3v) is 7.40. The Kier molecular flexibility index (Phi) is 19.4. The molecule has 0 spiro atoms. The van der Waals surface area contributed by atoms with Crippen LogP contribution in [-0.4, -0.2) is 0 Å². The van der Waals surface area contributed by atoms with E-state index in [-0.39, 0.29) is 0 Å². The Labute approximate surface area is 226 Å². The molecule has 0 N–H and O–H groups in total. The molecule has 0 amide bonds. The van der Waals surface area contributed by atoms with Gasteiger partial charge in [-0.05, 0) is 60.5 Å². The number of aryl methyl sites for hydroxylation is 1. The number of hydrogen-bond acceptors (Lipinski definition) is 0. The van der Waals surface area contributed by atoms with Gasteiger partial charge in [0.15, 0.2) is 0 Å². The van der Waals surface area contributed by atoms with Crippen LogP contribution >= 0.6 is 0 Å². The first-order chi connectivity index (χ1) is 17.5. The minimum Gasteiger partial charge on any atom is -0.102 e. The molecular formula is C36H59. The van der Waals surface area contributed by atoms with Crippen molar-refractivity contribution >= 4 is 0 Å². The van der Waals surface area contributed by atoms with Crippen LogP contribution in [0.3, 0.4) is 0 Å². The van der Waals surface area contributed by atoms with Gasteiger partial charge < -0.3 is 0 Å². The van der Waals surface area contributed by atoms with Crippen molar-refractivity contribution in [3.8, 4) is 0 Å². The molecule has 0 nitrogen and oxygen atoms in total. The molecule has 2 aliphatic carbocycles. The summed E-state index contributed by atoms with van der Waals surface area (Å²) >= 11 is 0. The Bertz CT molecular complexity index is 683. The van der Waals surface area contributed by atoms with Gasteiger partial charge >= 0.3 is 0 Å². The molecule has 2 saturated carbocycles. The molecule has 2 unspecified atom stereocenters. The van der Waals surface area contributed by atoms with Crippen molar-refractivity contribution in [2.24, 2.45) is 23.7 Å². The first-order valence-corrected chi connectivity index (χ1v) is 15.4. The van der Waals surface area contributed by atoms with E-state index in [9.17, 15) is 0 Å². The molecule has 2 atom stereocenters. The van der Waals surface area contributed by atoms with Gasteiger partial charge in [-0.1, -0.05) is 153 Å². The van der Waals surface area contributed by atoms with Crippen LogP contribution in [0.15, 0.2) is 61.2 Å². The van der Waals surface area contributed by atoms with Crippen molar-refractivity contribution < 1.29 is 0 Å². The van der Waals surface area contributed by atoms with Crippen LogP contribution in [0.25, 0.3) is 0 Å². The minimum atomic E-state index is 0.904. The standard InChI is InChI=1S/C24H31.C9H20.C3H8/c1-2-3-4-5-6-7-10-20-13-15-21(16-14-20)17-18-23-19-24(23)22-11-8-9-12-22;1-4-5-6-7-8-9(2)3;1-3-2/h2-7,13-16,22-24H,1,8-12,17-19H2;9H,4-8H2,1-3H3;3H2,1-2H3/b5-4-,7-6+;;. The summed E-state index contributed by atoms with van der Waals surface area (Å²) in [5.41, 5.74) is 2.91. The van der Waals surface area contributed by atoms with Crippen molar-refractivity contribution in [2.45, 2.75) is 125 Å². The van der Waals surface area contributed by atoms with E-state index < -0.39 is 0 Å². The lowest BCUT2D eigenvalue weighted by Crippen LogP contribution is -1.99. The number of hydrogen-bond donors (Lipinski definition) is 0. The highest BCUT2D eigenvalue weighted by molar-refractivity contribution is 5.25. The average molecular weight is 492 g/mol. The minimum absolute atomic E-state index is 0.904. The van der Waals surface area contributed by atoms with E-state index in [0.717, 1.165) is 30.1 Å². The second-order valence-corrected chi connectivity index (χ2v) is 11.5. The number of unbranched alkanes of at least 4 members (excludes halogenated alkanes) is 3. The van der Waals surface area contributed by atoms with E-state index in [1.54, 1.807) is 6.08 Å². The fraction of sp³-hybridized carbons (Fsp3) is 0.639. The molecule has 1 aromatic rings. The van der Waals surface area contributed by atoms with E-state index >= 15 is 0 Å². The van der Waals surface area contributed by atoms with Crippen molar-refractivity contribution in [2.75, 3.05) is 0 Å². The van der Waals surface area contributed by atoms with Crippen LogP contribution in [0, 0.1) is 30.1 Å². The summed E-state index contributed by atoms with van der Waals surface area (Å²) in [6, 6.07) is 9.25. The van der Waals surface area contributed by atoms with E-state index in [2.05, 4.69) is 77.6 Å². The van der Waals surface area contributed by atoms with Crippen LogP contribution in [0.2, 0.25) is 0 Å². The molecule has 0 heterocycles. The van der Waals surface area contributed by atoms with E-state index in [4.69, 9.17) is 0 Å². The average Bonchev–Trinajstić information content (AvgIpc) is 3.44. The van der Waals surface area contributed by atoms with E-state index in [0.29, 0.717) is 0 Å². The van der Waals surface area contributed by atoms with Gasteiger partial charge in [0.1, 0.15) is 0 Å². The van der Waals surface area contributed by atoms with Gasteiger partial charge in [-0.3, -0.25) is 0 Å². The fourth-order valence-electron chi connectivity index (χ4n) is 5.23. The van der Waals surface area contributed by atoms with Gasteiger partial charge in [0, 0.05) is 6.42 Å². The molecule has 2 fully saturated rings. The third kappa shape index (κ3) is 16.2. The predicted octanol–water partition coefficient (Wildman–Crippen LogP) is 11.5. The SMILES string of the molecule is C=C[CH]/C=C\C=C\Cc1ccc(CCC2CC2C2CCCC2)cc1.CCC.CCCCCCC(C)C. The van der Waals surface area contributed by atoms with Crippen molar-refractivity contribution in [3.05, 3.63) is 78.8 Å². The molecule has 2 aliphatic rings. The smallest absolute Gasteiger partial charge is 0.00446 e. The normalized spacial score (nSPS) is 19.3. The van der Waals surface area contributed by atoms with Gasteiger partial charge in [0.25, 0.3) is 0 Å². The molecule has 0 bridgehead atoms. The highest BCUT2D eigenvalue weighted by Gasteiger charge is 2.42. The summed E-state index contributed by atoms with van der Waals surface area (Å²) in [6.07, 6.45) is 31.6. The highest BCUT2D eigenvalue weighted by Crippen LogP contribution is 2.52. The Hall–Kier alpha value is -1.56. The number of rotatable bonds is 14. The fourth-order valence-corrected chi connectivity index (χ4v) is 5.23. The zero-order valence-corrected chi connectivity index (χ0v) is 24.7. The maximum atomic E-state index is 3.66. The predicted molar refractivity (Wildman–Crippen MR) is 164 cm³/mol. The quantitative estimate of drug-likeness (QED) is 0.179. The molecule has 0 aromatic heterocycles. The maximum Gasteiger partial charge on any atom is 0.00446 e. The van der Waals surface area contributed by atoms with Gasteiger partial charge in [0.05, 0.1) is 0 Å². The van der Waals surface area contributed by atoms with E-state index in [1.165, 1.54) is 94.6 Å². The molecule has 3 rings (SSSR count). The maximum absolute atomic E-state index is 3.66. The summed E-state index contributed by atoms with van der Waals surface area (Å²) in [7, 11) is 0. The first kappa shape index (κ1) is 32.5. The first-order valence-electron chi connectivity index (χ1n) is 15.4. The van der Waals surface area contributed by atoms with Gasteiger partial charge in [-0.15, -0.1) is 6.58 Å². The molecule has 1 aromatic carbocycles. The van der Waals surface area contributed by atoms with Crippen LogP contribution < -0.4 is 0 Å². The van der Waals surface area contributed by atoms with Crippen LogP contribution in [0.1, 0.15) is 123 Å². The summed E-state index contributed by atoms with van der Waals surface area (Å²) in [5.74, 6) is 4.11.